The molecular formula is C26H26ClNO3. The average Bonchev–Trinajstić information content (AvgIpc) is 3.01. The van der Waals surface area contributed by atoms with Crippen molar-refractivity contribution in [2.24, 2.45) is 0 Å². The number of anilines is 1. The number of hydrogen-bond acceptors (Lipinski definition) is 3. The van der Waals surface area contributed by atoms with E-state index in [1.807, 2.05) is 54.6 Å². The highest BCUT2D eigenvalue weighted by Crippen LogP contribution is 2.45. The van der Waals surface area contributed by atoms with E-state index in [4.69, 9.17) is 16.3 Å². The van der Waals surface area contributed by atoms with Gasteiger partial charge in [-0.3, -0.25) is 4.79 Å². The lowest BCUT2D eigenvalue weighted by Crippen LogP contribution is -2.31. The monoisotopic (exact) mass is 435 g/mol. The summed E-state index contributed by atoms with van der Waals surface area (Å²) in [6.07, 6.45) is 0.925. The summed E-state index contributed by atoms with van der Waals surface area (Å²) in [6.45, 7) is 3.38. The van der Waals surface area contributed by atoms with E-state index in [1.165, 1.54) is 5.56 Å². The van der Waals surface area contributed by atoms with Crippen molar-refractivity contribution in [3.63, 3.8) is 0 Å². The third kappa shape index (κ3) is 5.02. The molecule has 0 bridgehead atoms. The number of benzene rings is 3. The van der Waals surface area contributed by atoms with Crippen molar-refractivity contribution >= 4 is 23.3 Å². The minimum absolute atomic E-state index is 0.0707. The molecule has 0 fully saturated rings. The van der Waals surface area contributed by atoms with Crippen molar-refractivity contribution < 1.29 is 14.6 Å². The third-order valence-corrected chi connectivity index (χ3v) is 6.20. The van der Waals surface area contributed by atoms with Gasteiger partial charge in [-0.15, -0.1) is 0 Å². The van der Waals surface area contributed by atoms with Crippen molar-refractivity contribution in [3.05, 3.63) is 94.5 Å². The van der Waals surface area contributed by atoms with Crippen molar-refractivity contribution in [1.82, 2.24) is 0 Å². The maximum Gasteiger partial charge on any atom is 0.304 e. The van der Waals surface area contributed by atoms with E-state index in [-0.39, 0.29) is 18.4 Å². The van der Waals surface area contributed by atoms with Gasteiger partial charge < -0.3 is 14.7 Å². The van der Waals surface area contributed by atoms with Gasteiger partial charge in [0.25, 0.3) is 0 Å². The molecule has 0 saturated heterocycles. The predicted molar refractivity (Wildman–Crippen MR) is 124 cm³/mol. The summed E-state index contributed by atoms with van der Waals surface area (Å²) in [5, 5.41) is 10.2. The van der Waals surface area contributed by atoms with Crippen LogP contribution >= 0.6 is 11.6 Å². The van der Waals surface area contributed by atoms with Gasteiger partial charge in [0.05, 0.1) is 13.0 Å². The quantitative estimate of drug-likeness (QED) is 0.476. The molecule has 31 heavy (non-hydrogen) atoms. The number of halogens is 1. The van der Waals surface area contributed by atoms with Crippen LogP contribution in [0.3, 0.4) is 0 Å². The lowest BCUT2D eigenvalue weighted by molar-refractivity contribution is -0.137. The molecule has 1 N–H and O–H groups in total. The van der Waals surface area contributed by atoms with Crippen LogP contribution in [0.15, 0.2) is 72.8 Å². The predicted octanol–water partition coefficient (Wildman–Crippen LogP) is 5.93. The Hall–Kier alpha value is -2.98. The number of nitrogens with zero attached hydrogens (tertiary/aromatic N) is 1. The lowest BCUT2D eigenvalue weighted by Gasteiger charge is -2.27. The zero-order valence-electron chi connectivity index (χ0n) is 17.5. The highest BCUT2D eigenvalue weighted by Gasteiger charge is 2.37. The van der Waals surface area contributed by atoms with Crippen molar-refractivity contribution in [2.75, 3.05) is 11.5 Å². The van der Waals surface area contributed by atoms with Gasteiger partial charge in [-0.2, -0.15) is 0 Å². The molecule has 0 aromatic heterocycles. The highest BCUT2D eigenvalue weighted by molar-refractivity contribution is 6.30. The molecule has 4 nitrogen and oxygen atoms in total. The fourth-order valence-electron chi connectivity index (χ4n) is 4.29. The Morgan fingerprint density at radius 2 is 1.77 bits per heavy atom. The summed E-state index contributed by atoms with van der Waals surface area (Å²) in [7, 11) is 0. The van der Waals surface area contributed by atoms with Crippen LogP contribution in [0.25, 0.3) is 0 Å². The van der Waals surface area contributed by atoms with Gasteiger partial charge in [-0.1, -0.05) is 54.1 Å². The Morgan fingerprint density at radius 1 is 1.03 bits per heavy atom. The van der Waals surface area contributed by atoms with Gasteiger partial charge in [-0.25, -0.2) is 0 Å². The van der Waals surface area contributed by atoms with Gasteiger partial charge in [0.15, 0.2) is 0 Å². The van der Waals surface area contributed by atoms with Crippen molar-refractivity contribution in [2.45, 2.75) is 38.3 Å². The summed E-state index contributed by atoms with van der Waals surface area (Å²) in [5.41, 5.74) is 4.49. The maximum atomic E-state index is 11.6. The minimum Gasteiger partial charge on any atom is -0.493 e. The van der Waals surface area contributed by atoms with Crippen LogP contribution in [0.1, 0.15) is 36.0 Å². The Labute approximate surface area is 188 Å². The van der Waals surface area contributed by atoms with E-state index in [1.54, 1.807) is 0 Å². The number of ether oxygens (including phenoxy) is 1. The standard InChI is InChI=1S/C26H26ClNO3/c1-18-23(16-26(29)30)24-15-22(31-14-13-19-5-3-2-4-6-19)11-12-25(24)28(18)17-20-7-9-21(27)10-8-20/h2-12,15,18,23H,13-14,16-17H2,1H3,(H,29,30). The third-order valence-electron chi connectivity index (χ3n) is 5.94. The highest BCUT2D eigenvalue weighted by atomic mass is 35.5. The van der Waals surface area contributed by atoms with Crippen LogP contribution in [0, 0.1) is 0 Å². The van der Waals surface area contributed by atoms with Crippen LogP contribution in [0.5, 0.6) is 5.75 Å². The fourth-order valence-corrected chi connectivity index (χ4v) is 4.42. The summed E-state index contributed by atoms with van der Waals surface area (Å²) in [5.74, 6) is -0.0883. The second kappa shape index (κ2) is 9.44. The van der Waals surface area contributed by atoms with Gasteiger partial charge >= 0.3 is 5.97 Å². The molecule has 1 aliphatic rings. The summed E-state index contributed by atoms with van der Waals surface area (Å²) in [4.78, 5) is 13.8. The first kappa shape index (κ1) is 21.3. The normalized spacial score (nSPS) is 17.4. The maximum absolute atomic E-state index is 11.6. The zero-order valence-corrected chi connectivity index (χ0v) is 18.3. The molecular weight excluding hydrogens is 410 g/mol. The average molecular weight is 436 g/mol. The number of carbonyl (C=O) groups is 1. The number of rotatable bonds is 8. The van der Waals surface area contributed by atoms with Crippen molar-refractivity contribution in [3.8, 4) is 5.75 Å². The van der Waals surface area contributed by atoms with E-state index in [2.05, 4.69) is 30.0 Å². The Bertz CT molecular complexity index is 1040. The molecule has 2 atom stereocenters. The molecule has 0 spiro atoms. The molecule has 1 aliphatic heterocycles. The van der Waals surface area contributed by atoms with E-state index >= 15 is 0 Å². The molecule has 0 saturated carbocycles. The van der Waals surface area contributed by atoms with Crippen LogP contribution in [-0.2, 0) is 17.8 Å². The van der Waals surface area contributed by atoms with E-state index in [9.17, 15) is 9.90 Å². The summed E-state index contributed by atoms with van der Waals surface area (Å²) >= 11 is 6.02. The number of carboxylic acid groups (broad SMARTS) is 1. The Balaban J connectivity index is 1.53. The lowest BCUT2D eigenvalue weighted by atomic mass is 9.92. The molecule has 5 heteroatoms. The van der Waals surface area contributed by atoms with Gasteiger partial charge in [0, 0.05) is 35.6 Å². The molecule has 2 unspecified atom stereocenters. The molecule has 160 valence electrons. The molecule has 0 radical (unpaired) electrons. The fraction of sp³-hybridized carbons (Fsp3) is 0.269. The topological polar surface area (TPSA) is 49.8 Å². The molecule has 3 aromatic rings. The number of fused-ring (bicyclic) bond motifs is 1. The van der Waals surface area contributed by atoms with Crippen LogP contribution in [0.2, 0.25) is 5.02 Å². The first-order valence-electron chi connectivity index (χ1n) is 10.5. The SMILES string of the molecule is CC1C(CC(=O)O)c2cc(OCCc3ccccc3)ccc2N1Cc1ccc(Cl)cc1. The minimum atomic E-state index is -0.786. The molecule has 0 aliphatic carbocycles. The second-order valence-electron chi connectivity index (χ2n) is 8.00. The molecule has 1 heterocycles. The molecule has 4 rings (SSSR count). The number of carboxylic acids is 1. The Morgan fingerprint density at radius 3 is 2.48 bits per heavy atom. The second-order valence-corrected chi connectivity index (χ2v) is 8.44. The van der Waals surface area contributed by atoms with Gasteiger partial charge in [0.1, 0.15) is 5.75 Å². The first-order valence-corrected chi connectivity index (χ1v) is 10.9. The van der Waals surface area contributed by atoms with Crippen LogP contribution in [0.4, 0.5) is 5.69 Å². The van der Waals surface area contributed by atoms with Crippen molar-refractivity contribution in [1.29, 1.82) is 0 Å². The number of hydrogen-bond donors (Lipinski definition) is 1. The number of aliphatic carboxylic acids is 1. The van der Waals surface area contributed by atoms with E-state index in [0.29, 0.717) is 18.2 Å². The summed E-state index contributed by atoms with van der Waals surface area (Å²) in [6, 6.07) is 24.2. The smallest absolute Gasteiger partial charge is 0.304 e. The van der Waals surface area contributed by atoms with Crippen LogP contribution in [-0.4, -0.2) is 23.7 Å². The largest absolute Gasteiger partial charge is 0.493 e. The van der Waals surface area contributed by atoms with Crippen LogP contribution < -0.4 is 9.64 Å². The first-order chi connectivity index (χ1) is 15.0. The van der Waals surface area contributed by atoms with E-state index in [0.717, 1.165) is 29.0 Å². The molecule has 3 aromatic carbocycles. The van der Waals surface area contributed by atoms with Gasteiger partial charge in [0.2, 0.25) is 0 Å². The molecule has 0 amide bonds. The van der Waals surface area contributed by atoms with Gasteiger partial charge in [-0.05, 0) is 53.9 Å². The summed E-state index contributed by atoms with van der Waals surface area (Å²) < 4.78 is 6.01. The Kier molecular flexibility index (Phi) is 6.47. The van der Waals surface area contributed by atoms with E-state index < -0.39 is 5.97 Å². The zero-order chi connectivity index (χ0) is 21.8.